The summed E-state index contributed by atoms with van der Waals surface area (Å²) in [6.45, 7) is 11.5. The Morgan fingerprint density at radius 3 is 2.00 bits per heavy atom. The highest BCUT2D eigenvalue weighted by molar-refractivity contribution is 5.50. The fourth-order valence-electron chi connectivity index (χ4n) is 1.61. The van der Waals surface area contributed by atoms with Crippen molar-refractivity contribution in [3.05, 3.63) is 83.9 Å². The zero-order valence-corrected chi connectivity index (χ0v) is 11.2. The first-order valence-electron chi connectivity index (χ1n) is 6.04. The summed E-state index contributed by atoms with van der Waals surface area (Å²) in [6.07, 6.45) is 3.72. The lowest BCUT2D eigenvalue weighted by molar-refractivity contribution is 1.45. The summed E-state index contributed by atoms with van der Waals surface area (Å²) in [5, 5.41) is 0. The van der Waals surface area contributed by atoms with Crippen molar-refractivity contribution >= 4 is 12.2 Å². The van der Waals surface area contributed by atoms with Crippen molar-refractivity contribution in [1.82, 2.24) is 0 Å². The molecule has 0 nitrogen and oxygen atoms in total. The first-order chi connectivity index (χ1) is 8.67. The van der Waals surface area contributed by atoms with E-state index < -0.39 is 0 Å². The summed E-state index contributed by atoms with van der Waals surface area (Å²) in [7, 11) is 0. The van der Waals surface area contributed by atoms with E-state index in [1.807, 2.05) is 36.4 Å². The predicted molar refractivity (Wildman–Crippen MR) is 82.5 cm³/mol. The van der Waals surface area contributed by atoms with E-state index in [1.54, 1.807) is 0 Å². The van der Waals surface area contributed by atoms with Crippen LogP contribution in [0.25, 0.3) is 12.2 Å². The van der Waals surface area contributed by atoms with Crippen molar-refractivity contribution in [1.29, 1.82) is 0 Å². The SMILES string of the molecule is C=Cc1cccc(C)c1.C=Cc1ccccc1C. The fourth-order valence-corrected chi connectivity index (χ4v) is 1.61. The van der Waals surface area contributed by atoms with Crippen LogP contribution in [0, 0.1) is 13.8 Å². The molecule has 0 aromatic heterocycles. The molecule has 0 amide bonds. The molecular formula is C18H20. The maximum absolute atomic E-state index is 3.69. The number of hydrogen-bond acceptors (Lipinski definition) is 0. The van der Waals surface area contributed by atoms with E-state index in [0.717, 1.165) is 0 Å². The van der Waals surface area contributed by atoms with Gasteiger partial charge in [0, 0.05) is 0 Å². The third kappa shape index (κ3) is 4.42. The maximum atomic E-state index is 3.69. The van der Waals surface area contributed by atoms with Gasteiger partial charge in [0.1, 0.15) is 0 Å². The summed E-state index contributed by atoms with van der Waals surface area (Å²) < 4.78 is 0. The lowest BCUT2D eigenvalue weighted by Gasteiger charge is -1.95. The minimum Gasteiger partial charge on any atom is -0.0985 e. The monoisotopic (exact) mass is 236 g/mol. The van der Waals surface area contributed by atoms with E-state index in [1.165, 1.54) is 22.3 Å². The zero-order chi connectivity index (χ0) is 13.4. The van der Waals surface area contributed by atoms with Gasteiger partial charge in [0.05, 0.1) is 0 Å². The highest BCUT2D eigenvalue weighted by atomic mass is 13.9. The van der Waals surface area contributed by atoms with Crippen molar-refractivity contribution in [2.24, 2.45) is 0 Å². The van der Waals surface area contributed by atoms with E-state index >= 15 is 0 Å². The Bertz CT molecular complexity index is 521. The van der Waals surface area contributed by atoms with Crippen LogP contribution in [0.1, 0.15) is 22.3 Å². The molecule has 2 aromatic carbocycles. The van der Waals surface area contributed by atoms with Crippen molar-refractivity contribution in [3.63, 3.8) is 0 Å². The second-order valence-corrected chi connectivity index (χ2v) is 4.18. The summed E-state index contributed by atoms with van der Waals surface area (Å²) in [5.74, 6) is 0. The molecule has 0 N–H and O–H groups in total. The van der Waals surface area contributed by atoms with Crippen LogP contribution >= 0.6 is 0 Å². The molecule has 0 atom stereocenters. The Kier molecular flexibility index (Phi) is 5.66. The Labute approximate surface area is 110 Å². The number of aryl methyl sites for hydroxylation is 2. The van der Waals surface area contributed by atoms with E-state index in [9.17, 15) is 0 Å². The van der Waals surface area contributed by atoms with Gasteiger partial charge in [-0.15, -0.1) is 0 Å². The molecule has 0 aliphatic rings. The molecule has 2 aromatic rings. The van der Waals surface area contributed by atoms with E-state index in [0.29, 0.717) is 0 Å². The van der Waals surface area contributed by atoms with Gasteiger partial charge in [-0.05, 0) is 30.5 Å². The number of hydrogen-bond donors (Lipinski definition) is 0. The van der Waals surface area contributed by atoms with Crippen LogP contribution in [0.4, 0.5) is 0 Å². The van der Waals surface area contributed by atoms with Gasteiger partial charge in [-0.25, -0.2) is 0 Å². The molecule has 0 fully saturated rings. The molecular weight excluding hydrogens is 216 g/mol. The molecule has 0 heteroatoms. The quantitative estimate of drug-likeness (QED) is 0.665. The minimum atomic E-state index is 1.19. The lowest BCUT2D eigenvalue weighted by atomic mass is 10.1. The van der Waals surface area contributed by atoms with Gasteiger partial charge in [-0.2, -0.15) is 0 Å². The zero-order valence-electron chi connectivity index (χ0n) is 11.2. The molecule has 0 aliphatic heterocycles. The van der Waals surface area contributed by atoms with Gasteiger partial charge in [-0.1, -0.05) is 79.4 Å². The predicted octanol–water partition coefficient (Wildman–Crippen LogP) is 5.28. The second-order valence-electron chi connectivity index (χ2n) is 4.18. The average molecular weight is 236 g/mol. The average Bonchev–Trinajstić information content (AvgIpc) is 2.40. The lowest BCUT2D eigenvalue weighted by Crippen LogP contribution is -1.75. The molecule has 0 bridgehead atoms. The van der Waals surface area contributed by atoms with Crippen molar-refractivity contribution in [2.75, 3.05) is 0 Å². The normalized spacial score (nSPS) is 9.00. The van der Waals surface area contributed by atoms with Crippen molar-refractivity contribution in [2.45, 2.75) is 13.8 Å². The van der Waals surface area contributed by atoms with Crippen molar-refractivity contribution in [3.8, 4) is 0 Å². The van der Waals surface area contributed by atoms with Crippen LogP contribution in [-0.2, 0) is 0 Å². The molecule has 18 heavy (non-hydrogen) atoms. The van der Waals surface area contributed by atoms with Gasteiger partial charge in [0.15, 0.2) is 0 Å². The van der Waals surface area contributed by atoms with Gasteiger partial charge < -0.3 is 0 Å². The molecule has 0 radical (unpaired) electrons. The first kappa shape index (κ1) is 14.0. The molecule has 0 spiro atoms. The smallest absolute Gasteiger partial charge is 0.0233 e. The number of rotatable bonds is 2. The minimum absolute atomic E-state index is 1.19. The summed E-state index contributed by atoms with van der Waals surface area (Å²) >= 11 is 0. The Hall–Kier alpha value is -2.08. The van der Waals surface area contributed by atoms with Crippen LogP contribution in [0.5, 0.6) is 0 Å². The number of benzene rings is 2. The standard InChI is InChI=1S/2C9H10/c1-3-9-6-4-5-8(2)7-9;1-3-9-7-5-4-6-8(9)2/h2*3-7H,1H2,2H3. The third-order valence-corrected chi connectivity index (χ3v) is 2.69. The molecule has 2 rings (SSSR count). The third-order valence-electron chi connectivity index (χ3n) is 2.69. The summed E-state index contributed by atoms with van der Waals surface area (Å²) in [5.41, 5.74) is 4.98. The van der Waals surface area contributed by atoms with Gasteiger partial charge in [0.25, 0.3) is 0 Å². The summed E-state index contributed by atoms with van der Waals surface area (Å²) in [6, 6.07) is 16.4. The fraction of sp³-hybridized carbons (Fsp3) is 0.111. The molecule has 92 valence electrons. The Morgan fingerprint density at radius 2 is 1.56 bits per heavy atom. The Balaban J connectivity index is 0.000000180. The van der Waals surface area contributed by atoms with Gasteiger partial charge >= 0.3 is 0 Å². The maximum Gasteiger partial charge on any atom is -0.0233 e. The van der Waals surface area contributed by atoms with Crippen LogP contribution in [0.15, 0.2) is 61.7 Å². The molecule has 0 heterocycles. The van der Waals surface area contributed by atoms with Gasteiger partial charge in [0.2, 0.25) is 0 Å². The first-order valence-corrected chi connectivity index (χ1v) is 6.04. The Morgan fingerprint density at radius 1 is 0.833 bits per heavy atom. The molecule has 0 aliphatic carbocycles. The van der Waals surface area contributed by atoms with E-state index in [2.05, 4.69) is 51.3 Å². The van der Waals surface area contributed by atoms with Crippen LogP contribution < -0.4 is 0 Å². The molecule has 0 saturated heterocycles. The van der Waals surface area contributed by atoms with Crippen LogP contribution in [0.2, 0.25) is 0 Å². The van der Waals surface area contributed by atoms with Crippen LogP contribution in [-0.4, -0.2) is 0 Å². The van der Waals surface area contributed by atoms with E-state index in [-0.39, 0.29) is 0 Å². The van der Waals surface area contributed by atoms with Crippen LogP contribution in [0.3, 0.4) is 0 Å². The summed E-state index contributed by atoms with van der Waals surface area (Å²) in [4.78, 5) is 0. The van der Waals surface area contributed by atoms with Gasteiger partial charge in [-0.3, -0.25) is 0 Å². The largest absolute Gasteiger partial charge is 0.0985 e. The second kappa shape index (κ2) is 7.29. The van der Waals surface area contributed by atoms with E-state index in [4.69, 9.17) is 0 Å². The molecule has 0 unspecified atom stereocenters. The molecule has 0 saturated carbocycles. The van der Waals surface area contributed by atoms with Crippen molar-refractivity contribution < 1.29 is 0 Å². The highest BCUT2D eigenvalue weighted by Gasteiger charge is 1.86. The highest BCUT2D eigenvalue weighted by Crippen LogP contribution is 2.06. The topological polar surface area (TPSA) is 0 Å².